The van der Waals surface area contributed by atoms with Gasteiger partial charge in [0.15, 0.2) is 0 Å². The highest BCUT2D eigenvalue weighted by Gasteiger charge is 2.19. The lowest BCUT2D eigenvalue weighted by molar-refractivity contribution is 0.307. The van der Waals surface area contributed by atoms with Crippen molar-refractivity contribution in [3.8, 4) is 0 Å². The van der Waals surface area contributed by atoms with E-state index in [1.807, 2.05) is 6.92 Å². The monoisotopic (exact) mass is 257 g/mol. The first-order valence-electron chi connectivity index (χ1n) is 7.95. The Hall–Kier alpha value is -0.120. The van der Waals surface area contributed by atoms with Crippen molar-refractivity contribution in [1.29, 1.82) is 0 Å². The maximum atomic E-state index is 4.85. The van der Waals surface area contributed by atoms with E-state index in [-0.39, 0.29) is 0 Å². The van der Waals surface area contributed by atoms with E-state index < -0.39 is 0 Å². The molecule has 0 bridgehead atoms. The van der Waals surface area contributed by atoms with Crippen LogP contribution in [0.4, 0.5) is 0 Å². The van der Waals surface area contributed by atoms with E-state index >= 15 is 0 Å². The summed E-state index contributed by atoms with van der Waals surface area (Å²) < 4.78 is 0. The Morgan fingerprint density at radius 2 is 1.28 bits per heavy atom. The second-order valence-corrected chi connectivity index (χ2v) is 5.22. The zero-order valence-corrected chi connectivity index (χ0v) is 12.8. The van der Waals surface area contributed by atoms with Gasteiger partial charge in [0.05, 0.1) is 0 Å². The van der Waals surface area contributed by atoms with Crippen LogP contribution in [-0.4, -0.2) is 31.7 Å². The highest BCUT2D eigenvalue weighted by Crippen LogP contribution is 2.18. The molecule has 0 radical (unpaired) electrons. The van der Waals surface area contributed by atoms with E-state index in [0.29, 0.717) is 0 Å². The molecule has 0 heterocycles. The van der Waals surface area contributed by atoms with Gasteiger partial charge in [-0.2, -0.15) is 0 Å². The Morgan fingerprint density at radius 3 is 1.67 bits per heavy atom. The summed E-state index contributed by atoms with van der Waals surface area (Å²) in [6.07, 6.45) is 9.35. The molecule has 0 spiro atoms. The molecule has 1 aliphatic rings. The Labute approximate surface area is 114 Å². The van der Waals surface area contributed by atoms with E-state index in [2.05, 4.69) is 24.5 Å². The second-order valence-electron chi connectivity index (χ2n) is 5.22. The van der Waals surface area contributed by atoms with Crippen LogP contribution in [0.3, 0.4) is 0 Å². The highest BCUT2D eigenvalue weighted by molar-refractivity contribution is 4.80. The van der Waals surface area contributed by atoms with Gasteiger partial charge in [0.25, 0.3) is 0 Å². The van der Waals surface area contributed by atoms with Gasteiger partial charge in [-0.3, -0.25) is 0 Å². The highest BCUT2D eigenvalue weighted by atomic mass is 14.9. The predicted octanol–water partition coefficient (Wildman–Crippen LogP) is 2.65. The van der Waals surface area contributed by atoms with Crippen LogP contribution in [-0.2, 0) is 0 Å². The molecule has 0 atom stereocenters. The molecular weight excluding hydrogens is 222 g/mol. The Kier molecular flexibility index (Phi) is 13.2. The lowest BCUT2D eigenvalue weighted by Gasteiger charge is -2.29. The van der Waals surface area contributed by atoms with Crippen molar-refractivity contribution >= 4 is 0 Å². The van der Waals surface area contributed by atoms with Gasteiger partial charge in [-0.25, -0.2) is 0 Å². The molecule has 0 saturated heterocycles. The van der Waals surface area contributed by atoms with Gasteiger partial charge in [0.1, 0.15) is 0 Å². The average molecular weight is 257 g/mol. The molecule has 0 aromatic carbocycles. The van der Waals surface area contributed by atoms with Crippen molar-refractivity contribution < 1.29 is 0 Å². The maximum absolute atomic E-state index is 4.85. The van der Waals surface area contributed by atoms with E-state index in [9.17, 15) is 0 Å². The molecule has 0 aromatic heterocycles. The van der Waals surface area contributed by atoms with Crippen LogP contribution in [0.1, 0.15) is 65.7 Å². The minimum absolute atomic E-state index is 0.750. The van der Waals surface area contributed by atoms with Gasteiger partial charge in [-0.05, 0) is 58.2 Å². The van der Waals surface area contributed by atoms with Crippen LogP contribution >= 0.6 is 0 Å². The second kappa shape index (κ2) is 13.3. The van der Waals surface area contributed by atoms with Crippen molar-refractivity contribution in [2.45, 2.75) is 77.8 Å². The van der Waals surface area contributed by atoms with Crippen LogP contribution in [0.5, 0.6) is 0 Å². The topological polar surface area (TPSA) is 50.1 Å². The van der Waals surface area contributed by atoms with Crippen molar-refractivity contribution in [3.05, 3.63) is 0 Å². The Bertz CT molecular complexity index is 154. The van der Waals surface area contributed by atoms with Gasteiger partial charge < -0.3 is 16.4 Å². The van der Waals surface area contributed by atoms with Gasteiger partial charge >= 0.3 is 0 Å². The summed E-state index contributed by atoms with van der Waals surface area (Å²) in [4.78, 5) is 0. The third kappa shape index (κ3) is 9.86. The molecule has 1 rings (SSSR count). The Balaban J connectivity index is 0.000000873. The third-order valence-electron chi connectivity index (χ3n) is 3.37. The smallest absolute Gasteiger partial charge is 0.00682 e. The minimum Gasteiger partial charge on any atom is -0.331 e. The summed E-state index contributed by atoms with van der Waals surface area (Å²) in [7, 11) is 0. The number of hydrogen-bond donors (Lipinski definition) is 3. The fourth-order valence-corrected chi connectivity index (χ4v) is 2.33. The van der Waals surface area contributed by atoms with E-state index in [1.165, 1.54) is 58.0 Å². The molecule has 3 nitrogen and oxygen atoms in total. The van der Waals surface area contributed by atoms with Crippen LogP contribution in [0, 0.1) is 0 Å². The number of hydrogen-bond acceptors (Lipinski definition) is 3. The fourth-order valence-electron chi connectivity index (χ4n) is 2.33. The largest absolute Gasteiger partial charge is 0.331 e. The molecule has 0 unspecified atom stereocenters. The molecule has 0 amide bonds. The summed E-state index contributed by atoms with van der Waals surface area (Å²) >= 11 is 0. The van der Waals surface area contributed by atoms with Crippen LogP contribution in [0.25, 0.3) is 0 Å². The first-order chi connectivity index (χ1) is 8.78. The normalized spacial score (nSPS) is 23.3. The SMILES string of the molecule is CCCCNC1CCC(NCCC)CC1.CCN. The summed E-state index contributed by atoms with van der Waals surface area (Å²) in [6.45, 7) is 9.56. The predicted molar refractivity (Wildman–Crippen MR) is 82.0 cm³/mol. The molecule has 110 valence electrons. The van der Waals surface area contributed by atoms with Crippen LogP contribution in [0.15, 0.2) is 0 Å². The fraction of sp³-hybridized carbons (Fsp3) is 1.00. The molecule has 18 heavy (non-hydrogen) atoms. The van der Waals surface area contributed by atoms with E-state index in [0.717, 1.165) is 18.6 Å². The van der Waals surface area contributed by atoms with Crippen molar-refractivity contribution in [1.82, 2.24) is 10.6 Å². The molecule has 1 aliphatic carbocycles. The molecule has 0 aliphatic heterocycles. The molecular formula is C15H35N3. The third-order valence-corrected chi connectivity index (χ3v) is 3.37. The number of rotatable bonds is 7. The average Bonchev–Trinajstić information content (AvgIpc) is 2.39. The quantitative estimate of drug-likeness (QED) is 0.615. The van der Waals surface area contributed by atoms with E-state index in [4.69, 9.17) is 5.73 Å². The van der Waals surface area contributed by atoms with Gasteiger partial charge in [0, 0.05) is 12.1 Å². The summed E-state index contributed by atoms with van der Waals surface area (Å²) in [5, 5.41) is 7.30. The van der Waals surface area contributed by atoms with Crippen LogP contribution < -0.4 is 16.4 Å². The molecule has 3 heteroatoms. The number of nitrogens with one attached hydrogen (secondary N) is 2. The summed E-state index contributed by atoms with van der Waals surface area (Å²) in [5.74, 6) is 0. The minimum atomic E-state index is 0.750. The van der Waals surface area contributed by atoms with Crippen molar-refractivity contribution in [2.24, 2.45) is 5.73 Å². The Morgan fingerprint density at radius 1 is 0.833 bits per heavy atom. The summed E-state index contributed by atoms with van der Waals surface area (Å²) in [5.41, 5.74) is 4.85. The van der Waals surface area contributed by atoms with Crippen LogP contribution in [0.2, 0.25) is 0 Å². The first-order valence-corrected chi connectivity index (χ1v) is 7.95. The van der Waals surface area contributed by atoms with Gasteiger partial charge in [0.2, 0.25) is 0 Å². The van der Waals surface area contributed by atoms with E-state index in [1.54, 1.807) is 0 Å². The number of unbranched alkanes of at least 4 members (excludes halogenated alkanes) is 1. The molecule has 0 aromatic rings. The van der Waals surface area contributed by atoms with Crippen molar-refractivity contribution in [3.63, 3.8) is 0 Å². The molecule has 1 fully saturated rings. The zero-order valence-electron chi connectivity index (χ0n) is 12.8. The first kappa shape index (κ1) is 17.9. The number of nitrogens with two attached hydrogens (primary N) is 1. The summed E-state index contributed by atoms with van der Waals surface area (Å²) in [6, 6.07) is 1.60. The maximum Gasteiger partial charge on any atom is 0.00682 e. The lowest BCUT2D eigenvalue weighted by Crippen LogP contribution is -2.40. The lowest BCUT2D eigenvalue weighted by atomic mass is 9.91. The standard InChI is InChI=1S/C13H28N2.C2H7N/c1-3-5-11-15-13-8-6-12(7-9-13)14-10-4-2;1-2-3/h12-15H,3-11H2,1-2H3;2-3H2,1H3. The van der Waals surface area contributed by atoms with Gasteiger partial charge in [-0.1, -0.05) is 27.2 Å². The van der Waals surface area contributed by atoms with Crippen molar-refractivity contribution in [2.75, 3.05) is 19.6 Å². The zero-order chi connectivity index (χ0) is 13.6. The van der Waals surface area contributed by atoms with Gasteiger partial charge in [-0.15, -0.1) is 0 Å². The molecule has 4 N–H and O–H groups in total. The molecule has 1 saturated carbocycles.